The predicted molar refractivity (Wildman–Crippen MR) is 66.7 cm³/mol. The molecule has 1 aromatic rings. The summed E-state index contributed by atoms with van der Waals surface area (Å²) in [6.45, 7) is 0. The summed E-state index contributed by atoms with van der Waals surface area (Å²) < 4.78 is 5.70. The first-order valence-corrected chi connectivity index (χ1v) is 6.04. The van der Waals surface area contributed by atoms with Crippen molar-refractivity contribution in [3.05, 3.63) is 23.8 Å². The molecule has 1 aliphatic rings. The van der Waals surface area contributed by atoms with Crippen LogP contribution in [-0.2, 0) is 0 Å². The van der Waals surface area contributed by atoms with E-state index >= 15 is 0 Å². The third-order valence-electron chi connectivity index (χ3n) is 3.17. The highest BCUT2D eigenvalue weighted by atomic mass is 16.5. The molecule has 2 rings (SSSR count). The highest BCUT2D eigenvalue weighted by Crippen LogP contribution is 2.27. The second-order valence-electron chi connectivity index (χ2n) is 4.61. The Morgan fingerprint density at radius 1 is 1.28 bits per heavy atom. The molecule has 5 nitrogen and oxygen atoms in total. The Hall–Kier alpha value is -1.75. The summed E-state index contributed by atoms with van der Waals surface area (Å²) in [6.07, 6.45) is 2.59. The highest BCUT2D eigenvalue weighted by Gasteiger charge is 2.22. The molecule has 0 atom stereocenters. The van der Waals surface area contributed by atoms with Gasteiger partial charge in [-0.25, -0.2) is 4.79 Å². The molecule has 1 saturated carbocycles. The largest absolute Gasteiger partial charge is 0.490 e. The van der Waals surface area contributed by atoms with Crippen LogP contribution in [0.15, 0.2) is 18.2 Å². The monoisotopic (exact) mass is 251 g/mol. The van der Waals surface area contributed by atoms with Gasteiger partial charge in [-0.15, -0.1) is 0 Å². The maximum Gasteiger partial charge on any atom is 0.339 e. The van der Waals surface area contributed by atoms with E-state index in [1.54, 1.807) is 12.1 Å². The van der Waals surface area contributed by atoms with Gasteiger partial charge in [0.25, 0.3) is 0 Å². The number of aromatic carboxylic acids is 1. The van der Waals surface area contributed by atoms with Gasteiger partial charge >= 0.3 is 5.97 Å². The van der Waals surface area contributed by atoms with Crippen LogP contribution in [0.1, 0.15) is 36.0 Å². The highest BCUT2D eigenvalue weighted by molar-refractivity contribution is 5.92. The quantitative estimate of drug-likeness (QED) is 0.710. The minimum absolute atomic E-state index is 0.0323. The zero-order valence-electron chi connectivity index (χ0n) is 10.0. The molecule has 1 fully saturated rings. The van der Waals surface area contributed by atoms with Gasteiger partial charge in [0.2, 0.25) is 0 Å². The van der Waals surface area contributed by atoms with Crippen LogP contribution >= 0.6 is 0 Å². The van der Waals surface area contributed by atoms with Crippen LogP contribution in [-0.4, -0.2) is 28.4 Å². The summed E-state index contributed by atoms with van der Waals surface area (Å²) >= 11 is 0. The van der Waals surface area contributed by atoms with Crippen LogP contribution in [0.3, 0.4) is 0 Å². The van der Waals surface area contributed by atoms with E-state index in [1.807, 2.05) is 0 Å². The zero-order valence-corrected chi connectivity index (χ0v) is 10.0. The summed E-state index contributed by atoms with van der Waals surface area (Å²) in [5.74, 6) is -0.703. The summed E-state index contributed by atoms with van der Waals surface area (Å²) in [7, 11) is 0. The average Bonchev–Trinajstić information content (AvgIpc) is 2.34. The van der Waals surface area contributed by atoms with E-state index in [4.69, 9.17) is 15.6 Å². The fourth-order valence-corrected chi connectivity index (χ4v) is 2.16. The second kappa shape index (κ2) is 5.27. The molecule has 1 aromatic carbocycles. The number of hydrogen-bond donors (Lipinski definition) is 3. The number of nitrogens with two attached hydrogens (primary N) is 1. The lowest BCUT2D eigenvalue weighted by atomic mass is 9.95. The van der Waals surface area contributed by atoms with Gasteiger partial charge < -0.3 is 20.7 Å². The van der Waals surface area contributed by atoms with Gasteiger partial charge in [-0.05, 0) is 43.9 Å². The Morgan fingerprint density at radius 2 is 1.94 bits per heavy atom. The Morgan fingerprint density at radius 3 is 2.56 bits per heavy atom. The number of hydrogen-bond acceptors (Lipinski definition) is 4. The lowest BCUT2D eigenvalue weighted by molar-refractivity contribution is 0.0612. The van der Waals surface area contributed by atoms with Gasteiger partial charge in [-0.2, -0.15) is 0 Å². The van der Waals surface area contributed by atoms with Gasteiger partial charge in [0.15, 0.2) is 0 Å². The standard InChI is InChI=1S/C13H17NO4/c14-8-1-6-12(11(7-8)13(16)17)18-10-4-2-9(15)3-5-10/h1,6-7,9-10,15H,2-5,14H2,(H,16,17). The van der Waals surface area contributed by atoms with Gasteiger partial charge in [-0.3, -0.25) is 0 Å². The Balaban J connectivity index is 2.11. The van der Waals surface area contributed by atoms with E-state index in [0.717, 1.165) is 12.8 Å². The molecule has 0 aromatic heterocycles. The van der Waals surface area contributed by atoms with Crippen LogP contribution in [0.25, 0.3) is 0 Å². The van der Waals surface area contributed by atoms with E-state index in [1.165, 1.54) is 6.07 Å². The number of nitrogen functional groups attached to an aromatic ring is 1. The Bertz CT molecular complexity index is 439. The molecule has 0 aliphatic heterocycles. The smallest absolute Gasteiger partial charge is 0.339 e. The molecule has 0 saturated heterocycles. The molecule has 1 aliphatic carbocycles. The van der Waals surface area contributed by atoms with Crippen LogP contribution in [0.4, 0.5) is 5.69 Å². The summed E-state index contributed by atoms with van der Waals surface area (Å²) in [5.41, 5.74) is 6.05. The summed E-state index contributed by atoms with van der Waals surface area (Å²) in [4.78, 5) is 11.1. The lowest BCUT2D eigenvalue weighted by Crippen LogP contribution is -2.27. The number of anilines is 1. The number of ether oxygens (including phenoxy) is 1. The fraction of sp³-hybridized carbons (Fsp3) is 0.462. The van der Waals surface area contributed by atoms with Gasteiger partial charge in [0.05, 0.1) is 12.2 Å². The van der Waals surface area contributed by atoms with Crippen molar-refractivity contribution in [2.75, 3.05) is 5.73 Å². The molecule has 98 valence electrons. The number of rotatable bonds is 3. The Labute approximate surface area is 105 Å². The lowest BCUT2D eigenvalue weighted by Gasteiger charge is -2.26. The maximum atomic E-state index is 11.1. The third-order valence-corrected chi connectivity index (χ3v) is 3.17. The number of aliphatic hydroxyl groups is 1. The van der Waals surface area contributed by atoms with Crippen molar-refractivity contribution in [1.29, 1.82) is 0 Å². The van der Waals surface area contributed by atoms with E-state index in [9.17, 15) is 9.90 Å². The van der Waals surface area contributed by atoms with Gasteiger partial charge in [0.1, 0.15) is 11.3 Å². The van der Waals surface area contributed by atoms with Gasteiger partial charge in [0, 0.05) is 5.69 Å². The van der Waals surface area contributed by atoms with Crippen LogP contribution in [0.2, 0.25) is 0 Å². The molecular weight excluding hydrogens is 234 g/mol. The summed E-state index contributed by atoms with van der Waals surface area (Å²) in [5, 5.41) is 18.5. The zero-order chi connectivity index (χ0) is 13.1. The number of carboxylic acids is 1. The van der Waals surface area contributed by atoms with E-state index in [-0.39, 0.29) is 17.8 Å². The second-order valence-corrected chi connectivity index (χ2v) is 4.61. The normalized spacial score (nSPS) is 23.6. The molecular formula is C13H17NO4. The first-order chi connectivity index (χ1) is 8.56. The van der Waals surface area contributed by atoms with Crippen molar-refractivity contribution in [3.63, 3.8) is 0 Å². The van der Waals surface area contributed by atoms with Crippen molar-refractivity contribution in [3.8, 4) is 5.75 Å². The molecule has 5 heteroatoms. The van der Waals surface area contributed by atoms with Crippen molar-refractivity contribution in [2.24, 2.45) is 0 Å². The molecule has 0 amide bonds. The molecule has 4 N–H and O–H groups in total. The van der Waals surface area contributed by atoms with Crippen molar-refractivity contribution >= 4 is 11.7 Å². The molecule has 0 unspecified atom stereocenters. The molecule has 18 heavy (non-hydrogen) atoms. The number of carboxylic acid groups (broad SMARTS) is 1. The van der Waals surface area contributed by atoms with E-state index in [0.29, 0.717) is 24.3 Å². The number of benzene rings is 1. The predicted octanol–water partition coefficient (Wildman–Crippen LogP) is 1.65. The van der Waals surface area contributed by atoms with Crippen LogP contribution in [0, 0.1) is 0 Å². The molecule has 0 heterocycles. The van der Waals surface area contributed by atoms with Crippen molar-refractivity contribution < 1.29 is 19.7 Å². The topological polar surface area (TPSA) is 92.8 Å². The molecule has 0 radical (unpaired) electrons. The SMILES string of the molecule is Nc1ccc(OC2CCC(O)CC2)c(C(=O)O)c1. The minimum Gasteiger partial charge on any atom is -0.490 e. The fourth-order valence-electron chi connectivity index (χ4n) is 2.16. The van der Waals surface area contributed by atoms with Crippen molar-refractivity contribution in [2.45, 2.75) is 37.9 Å². The third kappa shape index (κ3) is 2.92. The molecule has 0 spiro atoms. The van der Waals surface area contributed by atoms with E-state index < -0.39 is 5.97 Å². The average molecular weight is 251 g/mol. The number of aliphatic hydroxyl groups excluding tert-OH is 1. The van der Waals surface area contributed by atoms with E-state index in [2.05, 4.69) is 0 Å². The Kier molecular flexibility index (Phi) is 3.72. The first kappa shape index (κ1) is 12.7. The first-order valence-electron chi connectivity index (χ1n) is 6.04. The van der Waals surface area contributed by atoms with Crippen LogP contribution < -0.4 is 10.5 Å². The molecule has 0 bridgehead atoms. The summed E-state index contributed by atoms with van der Waals surface area (Å²) in [6, 6.07) is 4.61. The minimum atomic E-state index is -1.05. The maximum absolute atomic E-state index is 11.1. The van der Waals surface area contributed by atoms with Gasteiger partial charge in [-0.1, -0.05) is 0 Å². The van der Waals surface area contributed by atoms with Crippen molar-refractivity contribution in [1.82, 2.24) is 0 Å². The van der Waals surface area contributed by atoms with Crippen LogP contribution in [0.5, 0.6) is 5.75 Å². The number of carbonyl (C=O) groups is 1.